The Hall–Kier alpha value is -2.25. The lowest BCUT2D eigenvalue weighted by Crippen LogP contribution is -2.56. The second-order valence-electron chi connectivity index (χ2n) is 4.57. The van der Waals surface area contributed by atoms with Gasteiger partial charge in [0.1, 0.15) is 5.82 Å². The van der Waals surface area contributed by atoms with Crippen molar-refractivity contribution in [1.29, 1.82) is 0 Å². The van der Waals surface area contributed by atoms with E-state index in [4.69, 9.17) is 4.74 Å². The molecule has 0 unspecified atom stereocenters. The number of anilines is 1. The van der Waals surface area contributed by atoms with Gasteiger partial charge in [0.15, 0.2) is 11.3 Å². The highest BCUT2D eigenvalue weighted by atomic mass is 19.3. The van der Waals surface area contributed by atoms with E-state index in [1.165, 1.54) is 17.3 Å². The molecule has 0 atom stereocenters. The Labute approximate surface area is 113 Å². The van der Waals surface area contributed by atoms with E-state index >= 15 is 0 Å². The van der Waals surface area contributed by atoms with Gasteiger partial charge in [-0.3, -0.25) is 0 Å². The van der Waals surface area contributed by atoms with Gasteiger partial charge in [0, 0.05) is 6.20 Å². The maximum atomic E-state index is 12.8. The Bertz CT molecular complexity index is 663. The third kappa shape index (κ3) is 2.17. The van der Waals surface area contributed by atoms with Crippen LogP contribution >= 0.6 is 0 Å². The number of hydrogen-bond acceptors (Lipinski definition) is 5. The van der Waals surface area contributed by atoms with Crippen LogP contribution in [0.25, 0.3) is 5.65 Å². The number of hydrogen-bond donors (Lipinski definition) is 0. The molecule has 0 radical (unpaired) electrons. The van der Waals surface area contributed by atoms with E-state index in [1.807, 2.05) is 0 Å². The lowest BCUT2D eigenvalue weighted by atomic mass is 10.1. The summed E-state index contributed by atoms with van der Waals surface area (Å²) < 4.78 is 32.1. The van der Waals surface area contributed by atoms with Crippen LogP contribution < -0.4 is 4.90 Å². The van der Waals surface area contributed by atoms with E-state index in [9.17, 15) is 13.6 Å². The summed E-state index contributed by atoms with van der Waals surface area (Å²) >= 11 is 0. The molecule has 0 spiro atoms. The Kier molecular flexibility index (Phi) is 2.81. The van der Waals surface area contributed by atoms with E-state index < -0.39 is 11.9 Å². The average molecular weight is 282 g/mol. The summed E-state index contributed by atoms with van der Waals surface area (Å²) in [5, 5.41) is 0. The van der Waals surface area contributed by atoms with E-state index in [1.54, 1.807) is 17.5 Å². The fraction of sp³-hybridized carbons (Fsp3) is 0.417. The zero-order chi connectivity index (χ0) is 14.3. The van der Waals surface area contributed by atoms with Crippen molar-refractivity contribution in [3.63, 3.8) is 0 Å². The standard InChI is InChI=1S/C12H12F2N4O2/c1-2-20-11(19)8-4-17-5-10(15-3-9(17)16-8)18-6-12(13,14)7-18/h3-5H,2,6-7H2,1H3. The fourth-order valence-corrected chi connectivity index (χ4v) is 2.03. The number of carbonyl (C=O) groups is 1. The molecule has 0 N–H and O–H groups in total. The van der Waals surface area contributed by atoms with Crippen LogP contribution in [-0.2, 0) is 4.74 Å². The third-order valence-corrected chi connectivity index (χ3v) is 2.98. The van der Waals surface area contributed by atoms with Crippen LogP contribution in [0.3, 0.4) is 0 Å². The van der Waals surface area contributed by atoms with E-state index in [-0.39, 0.29) is 25.4 Å². The molecular formula is C12H12F2N4O2. The first-order valence-corrected chi connectivity index (χ1v) is 6.13. The largest absolute Gasteiger partial charge is 0.461 e. The van der Waals surface area contributed by atoms with Gasteiger partial charge in [-0.2, -0.15) is 0 Å². The molecule has 1 saturated heterocycles. The first-order valence-electron chi connectivity index (χ1n) is 6.13. The van der Waals surface area contributed by atoms with Crippen LogP contribution in [0.5, 0.6) is 0 Å². The van der Waals surface area contributed by atoms with Crippen molar-refractivity contribution in [2.45, 2.75) is 12.8 Å². The Morgan fingerprint density at radius 2 is 2.20 bits per heavy atom. The minimum atomic E-state index is -2.65. The molecular weight excluding hydrogens is 270 g/mol. The van der Waals surface area contributed by atoms with Crippen LogP contribution in [0, 0.1) is 0 Å². The quantitative estimate of drug-likeness (QED) is 0.796. The summed E-state index contributed by atoms with van der Waals surface area (Å²) in [5.74, 6) is -2.74. The number of nitrogens with zero attached hydrogens (tertiary/aromatic N) is 4. The molecule has 0 aromatic carbocycles. The summed E-state index contributed by atoms with van der Waals surface area (Å²) in [7, 11) is 0. The van der Waals surface area contributed by atoms with Gasteiger partial charge >= 0.3 is 5.97 Å². The first kappa shape index (κ1) is 12.8. The Balaban J connectivity index is 1.86. The summed E-state index contributed by atoms with van der Waals surface area (Å²) in [5.41, 5.74) is 0.629. The van der Waals surface area contributed by atoms with E-state index in [0.29, 0.717) is 11.5 Å². The molecule has 106 valence electrons. The minimum Gasteiger partial charge on any atom is -0.461 e. The van der Waals surface area contributed by atoms with Gasteiger partial charge in [-0.15, -0.1) is 0 Å². The molecule has 1 aliphatic heterocycles. The maximum absolute atomic E-state index is 12.8. The van der Waals surface area contributed by atoms with Crippen LogP contribution in [0.2, 0.25) is 0 Å². The predicted molar refractivity (Wildman–Crippen MR) is 66.1 cm³/mol. The lowest BCUT2D eigenvalue weighted by Gasteiger charge is -2.39. The van der Waals surface area contributed by atoms with Crippen molar-refractivity contribution >= 4 is 17.4 Å². The maximum Gasteiger partial charge on any atom is 0.358 e. The van der Waals surface area contributed by atoms with Crippen LogP contribution in [-0.4, -0.2) is 46.0 Å². The van der Waals surface area contributed by atoms with Crippen LogP contribution in [0.15, 0.2) is 18.6 Å². The van der Waals surface area contributed by atoms with Gasteiger partial charge < -0.3 is 14.0 Å². The fourth-order valence-electron chi connectivity index (χ4n) is 2.03. The predicted octanol–water partition coefficient (Wildman–Crippen LogP) is 1.36. The number of imidazole rings is 1. The molecule has 2 aromatic rings. The summed E-state index contributed by atoms with van der Waals surface area (Å²) in [4.78, 5) is 21.2. The topological polar surface area (TPSA) is 59.7 Å². The zero-order valence-corrected chi connectivity index (χ0v) is 10.7. The van der Waals surface area contributed by atoms with Crippen LogP contribution in [0.4, 0.5) is 14.6 Å². The molecule has 1 fully saturated rings. The Morgan fingerprint density at radius 1 is 1.45 bits per heavy atom. The molecule has 0 saturated carbocycles. The van der Waals surface area contributed by atoms with Gasteiger partial charge in [-0.1, -0.05) is 0 Å². The molecule has 6 nitrogen and oxygen atoms in total. The molecule has 8 heteroatoms. The molecule has 3 rings (SSSR count). The van der Waals surface area contributed by atoms with Gasteiger partial charge in [-0.25, -0.2) is 23.5 Å². The highest BCUT2D eigenvalue weighted by molar-refractivity contribution is 5.87. The van der Waals surface area contributed by atoms with Crippen molar-refractivity contribution in [3.8, 4) is 0 Å². The number of esters is 1. The van der Waals surface area contributed by atoms with Gasteiger partial charge in [0.25, 0.3) is 5.92 Å². The number of fused-ring (bicyclic) bond motifs is 1. The molecule has 0 bridgehead atoms. The zero-order valence-electron chi connectivity index (χ0n) is 10.7. The first-order chi connectivity index (χ1) is 9.48. The van der Waals surface area contributed by atoms with Crippen molar-refractivity contribution < 1.29 is 18.3 Å². The van der Waals surface area contributed by atoms with Gasteiger partial charge in [-0.05, 0) is 6.92 Å². The van der Waals surface area contributed by atoms with E-state index in [0.717, 1.165) is 0 Å². The second kappa shape index (κ2) is 4.39. The summed E-state index contributed by atoms with van der Waals surface area (Å²) in [6, 6.07) is 0. The average Bonchev–Trinajstić information content (AvgIpc) is 2.78. The molecule has 3 heterocycles. The number of carbonyl (C=O) groups excluding carboxylic acids is 1. The normalized spacial score (nSPS) is 17.1. The van der Waals surface area contributed by atoms with Gasteiger partial charge in [0.2, 0.25) is 0 Å². The van der Waals surface area contributed by atoms with Crippen molar-refractivity contribution in [3.05, 3.63) is 24.3 Å². The number of aromatic nitrogens is 3. The molecule has 0 aliphatic carbocycles. The minimum absolute atomic E-state index is 0.166. The van der Waals surface area contributed by atoms with Crippen molar-refractivity contribution in [2.75, 3.05) is 24.6 Å². The lowest BCUT2D eigenvalue weighted by molar-refractivity contribution is -0.0267. The smallest absolute Gasteiger partial charge is 0.358 e. The van der Waals surface area contributed by atoms with E-state index in [2.05, 4.69) is 9.97 Å². The number of alkyl halides is 2. The second-order valence-corrected chi connectivity index (χ2v) is 4.57. The van der Waals surface area contributed by atoms with Crippen LogP contribution in [0.1, 0.15) is 17.4 Å². The van der Waals surface area contributed by atoms with Gasteiger partial charge in [0.05, 0.1) is 32.1 Å². The molecule has 2 aromatic heterocycles. The third-order valence-electron chi connectivity index (χ3n) is 2.98. The number of ether oxygens (including phenoxy) is 1. The summed E-state index contributed by atoms with van der Waals surface area (Å²) in [6.45, 7) is 1.28. The number of rotatable bonds is 3. The Morgan fingerprint density at radius 3 is 2.85 bits per heavy atom. The SMILES string of the molecule is CCOC(=O)c1cn2cc(N3CC(F)(F)C3)ncc2n1. The van der Waals surface area contributed by atoms with Crippen molar-refractivity contribution in [1.82, 2.24) is 14.4 Å². The molecule has 1 aliphatic rings. The highest BCUT2D eigenvalue weighted by Crippen LogP contribution is 2.30. The number of halogens is 2. The highest BCUT2D eigenvalue weighted by Gasteiger charge is 2.44. The molecule has 0 amide bonds. The van der Waals surface area contributed by atoms with Crippen molar-refractivity contribution in [2.24, 2.45) is 0 Å². The molecule has 20 heavy (non-hydrogen) atoms. The monoisotopic (exact) mass is 282 g/mol. The summed E-state index contributed by atoms with van der Waals surface area (Å²) in [6.07, 6.45) is 4.51.